The highest BCUT2D eigenvalue weighted by molar-refractivity contribution is 7.16. The van der Waals surface area contributed by atoms with Crippen LogP contribution in [0.4, 0.5) is 4.79 Å². The largest absolute Gasteiger partial charge is 0.461 e. The minimum Gasteiger partial charge on any atom is -0.461 e. The smallest absolute Gasteiger partial charge is 0.408 e. The molecule has 1 amide bonds. The molecule has 160 valence electrons. The summed E-state index contributed by atoms with van der Waals surface area (Å²) in [6.45, 7) is 9.36. The number of aromatic nitrogens is 3. The Balaban J connectivity index is 1.69. The molecule has 0 unspecified atom stereocenters. The Morgan fingerprint density at radius 3 is 2.37 bits per heavy atom. The van der Waals surface area contributed by atoms with E-state index < -0.39 is 17.7 Å². The van der Waals surface area contributed by atoms with Gasteiger partial charge in [0.25, 0.3) is 0 Å². The Hall–Kier alpha value is -2.37. The topological polar surface area (TPSA) is 103 Å². The minimum absolute atomic E-state index is 0.282. The van der Waals surface area contributed by atoms with E-state index in [0.29, 0.717) is 17.3 Å². The lowest BCUT2D eigenvalue weighted by Crippen LogP contribution is -2.34. The second kappa shape index (κ2) is 9.19. The van der Waals surface area contributed by atoms with E-state index in [4.69, 9.17) is 9.47 Å². The van der Waals surface area contributed by atoms with Crippen LogP contribution < -0.4 is 5.32 Å². The molecule has 0 aliphatic carbocycles. The SMILES string of the molecule is CCOC(=O)c1csc(-c2csc(-c3csc([C@H](C)NC(=O)OC(C)(C)C)n3)n2)n1. The zero-order valence-corrected chi connectivity index (χ0v) is 19.7. The van der Waals surface area contributed by atoms with Crippen molar-refractivity contribution in [2.24, 2.45) is 0 Å². The third kappa shape index (κ3) is 5.61. The third-order valence-corrected chi connectivity index (χ3v) is 6.31. The Morgan fingerprint density at radius 2 is 1.67 bits per heavy atom. The number of amides is 1. The summed E-state index contributed by atoms with van der Waals surface area (Å²) in [7, 11) is 0. The molecule has 0 saturated heterocycles. The second-order valence-corrected chi connectivity index (χ2v) is 9.84. The fraction of sp³-hybridized carbons (Fsp3) is 0.421. The molecule has 0 radical (unpaired) electrons. The van der Waals surface area contributed by atoms with Gasteiger partial charge in [0, 0.05) is 16.1 Å². The first-order valence-electron chi connectivity index (χ1n) is 9.20. The van der Waals surface area contributed by atoms with Crippen LogP contribution in [0.25, 0.3) is 21.4 Å². The number of carbonyl (C=O) groups is 2. The minimum atomic E-state index is -0.557. The molecule has 3 aromatic heterocycles. The zero-order chi connectivity index (χ0) is 21.9. The molecule has 11 heteroatoms. The van der Waals surface area contributed by atoms with Gasteiger partial charge in [-0.25, -0.2) is 24.5 Å². The van der Waals surface area contributed by atoms with Crippen molar-refractivity contribution in [3.05, 3.63) is 26.8 Å². The van der Waals surface area contributed by atoms with E-state index in [0.717, 1.165) is 15.7 Å². The van der Waals surface area contributed by atoms with Crippen LogP contribution in [0.3, 0.4) is 0 Å². The van der Waals surface area contributed by atoms with Crippen LogP contribution in [0.5, 0.6) is 0 Å². The van der Waals surface area contributed by atoms with Gasteiger partial charge in [-0.2, -0.15) is 0 Å². The lowest BCUT2D eigenvalue weighted by Gasteiger charge is -2.21. The van der Waals surface area contributed by atoms with Gasteiger partial charge in [-0.05, 0) is 34.6 Å². The molecule has 3 aromatic rings. The fourth-order valence-corrected chi connectivity index (χ4v) is 4.78. The number of nitrogens with zero attached hydrogens (tertiary/aromatic N) is 3. The molecule has 3 rings (SSSR count). The third-order valence-electron chi connectivity index (χ3n) is 3.56. The van der Waals surface area contributed by atoms with Crippen molar-refractivity contribution in [3.63, 3.8) is 0 Å². The number of esters is 1. The summed E-state index contributed by atoms with van der Waals surface area (Å²) in [5, 5.41) is 10.4. The molecule has 0 aliphatic heterocycles. The first-order valence-corrected chi connectivity index (χ1v) is 11.8. The standard InChI is InChI=1S/C19H22N4O4S3/c1-6-26-17(24)13-9-30-16(23-13)12-8-29-15(22-12)11-7-28-14(21-11)10(2)20-18(25)27-19(3,4)5/h7-10H,6H2,1-5H3,(H,20,25)/t10-/m0/s1. The maximum Gasteiger partial charge on any atom is 0.408 e. The Morgan fingerprint density at radius 1 is 1.03 bits per heavy atom. The molecule has 30 heavy (non-hydrogen) atoms. The van der Waals surface area contributed by atoms with Crippen molar-refractivity contribution in [1.82, 2.24) is 20.3 Å². The van der Waals surface area contributed by atoms with Crippen molar-refractivity contribution in [3.8, 4) is 21.4 Å². The van der Waals surface area contributed by atoms with Crippen LogP contribution in [0.15, 0.2) is 16.1 Å². The van der Waals surface area contributed by atoms with Crippen molar-refractivity contribution >= 4 is 46.1 Å². The fourth-order valence-electron chi connectivity index (χ4n) is 2.31. The summed E-state index contributed by atoms with van der Waals surface area (Å²) in [4.78, 5) is 37.3. The zero-order valence-electron chi connectivity index (χ0n) is 17.2. The summed E-state index contributed by atoms with van der Waals surface area (Å²) in [6.07, 6.45) is -0.482. The summed E-state index contributed by atoms with van der Waals surface area (Å²) in [5.41, 5.74) is 1.14. The molecule has 0 saturated carbocycles. The highest BCUT2D eigenvalue weighted by Crippen LogP contribution is 2.32. The average molecular weight is 467 g/mol. The molecular weight excluding hydrogens is 444 g/mol. The number of alkyl carbamates (subject to hydrolysis) is 1. The molecule has 0 bridgehead atoms. The maximum absolute atomic E-state index is 12.0. The molecular formula is C19H22N4O4S3. The second-order valence-electron chi connectivity index (χ2n) is 7.24. The normalized spacial score (nSPS) is 12.4. The summed E-state index contributed by atoms with van der Waals surface area (Å²) in [6, 6.07) is -0.288. The van der Waals surface area contributed by atoms with Gasteiger partial charge in [0.2, 0.25) is 0 Å². The molecule has 8 nitrogen and oxygen atoms in total. The molecule has 0 spiro atoms. The van der Waals surface area contributed by atoms with Crippen LogP contribution in [-0.4, -0.2) is 39.2 Å². The van der Waals surface area contributed by atoms with E-state index in [1.54, 1.807) is 12.3 Å². The Kier molecular flexibility index (Phi) is 6.84. The number of hydrogen-bond acceptors (Lipinski definition) is 10. The van der Waals surface area contributed by atoms with Gasteiger partial charge in [-0.15, -0.1) is 34.0 Å². The van der Waals surface area contributed by atoms with Gasteiger partial charge in [-0.3, -0.25) is 0 Å². The number of hydrogen-bond donors (Lipinski definition) is 1. The van der Waals surface area contributed by atoms with Gasteiger partial charge in [-0.1, -0.05) is 0 Å². The number of ether oxygens (including phenoxy) is 2. The molecule has 0 fully saturated rings. The predicted octanol–water partition coefficient (Wildman–Crippen LogP) is 5.15. The molecule has 1 atom stereocenters. The van der Waals surface area contributed by atoms with Gasteiger partial charge < -0.3 is 14.8 Å². The van der Waals surface area contributed by atoms with Crippen LogP contribution in [-0.2, 0) is 9.47 Å². The quantitative estimate of drug-likeness (QED) is 0.501. The lowest BCUT2D eigenvalue weighted by atomic mass is 10.2. The molecule has 1 N–H and O–H groups in total. The van der Waals surface area contributed by atoms with Crippen LogP contribution in [0.1, 0.15) is 56.2 Å². The van der Waals surface area contributed by atoms with E-state index in [9.17, 15) is 9.59 Å². The summed E-state index contributed by atoms with van der Waals surface area (Å²) >= 11 is 4.23. The van der Waals surface area contributed by atoms with Crippen LogP contribution in [0.2, 0.25) is 0 Å². The van der Waals surface area contributed by atoms with E-state index in [1.165, 1.54) is 34.0 Å². The Labute approximate surface area is 186 Å². The first kappa shape index (κ1) is 22.3. The van der Waals surface area contributed by atoms with E-state index in [2.05, 4.69) is 20.3 Å². The molecule has 0 aromatic carbocycles. The first-order chi connectivity index (χ1) is 14.2. The van der Waals surface area contributed by atoms with Crippen LogP contribution >= 0.6 is 34.0 Å². The van der Waals surface area contributed by atoms with E-state index in [-0.39, 0.29) is 11.7 Å². The predicted molar refractivity (Wildman–Crippen MR) is 118 cm³/mol. The van der Waals surface area contributed by atoms with Gasteiger partial charge in [0.1, 0.15) is 32.0 Å². The highest BCUT2D eigenvalue weighted by Gasteiger charge is 2.21. The van der Waals surface area contributed by atoms with Crippen molar-refractivity contribution in [2.75, 3.05) is 6.61 Å². The van der Waals surface area contributed by atoms with Crippen molar-refractivity contribution in [2.45, 2.75) is 46.3 Å². The summed E-state index contributed by atoms with van der Waals surface area (Å²) in [5.74, 6) is -0.439. The highest BCUT2D eigenvalue weighted by atomic mass is 32.1. The Bertz CT molecular complexity index is 1030. The van der Waals surface area contributed by atoms with Crippen molar-refractivity contribution in [1.29, 1.82) is 0 Å². The molecule has 3 heterocycles. The van der Waals surface area contributed by atoms with E-state index in [1.807, 2.05) is 38.5 Å². The van der Waals surface area contributed by atoms with Gasteiger partial charge >= 0.3 is 12.1 Å². The number of carbonyl (C=O) groups excluding carboxylic acids is 2. The number of rotatable bonds is 6. The maximum atomic E-state index is 12.0. The monoisotopic (exact) mass is 466 g/mol. The van der Waals surface area contributed by atoms with E-state index >= 15 is 0 Å². The molecule has 0 aliphatic rings. The van der Waals surface area contributed by atoms with Gasteiger partial charge in [0.15, 0.2) is 5.69 Å². The number of nitrogens with one attached hydrogen (secondary N) is 1. The van der Waals surface area contributed by atoms with Crippen LogP contribution in [0, 0.1) is 0 Å². The number of thiazole rings is 3. The van der Waals surface area contributed by atoms with Gasteiger partial charge in [0.05, 0.1) is 12.6 Å². The van der Waals surface area contributed by atoms with Crippen molar-refractivity contribution < 1.29 is 19.1 Å². The lowest BCUT2D eigenvalue weighted by molar-refractivity contribution is 0.0502. The summed E-state index contributed by atoms with van der Waals surface area (Å²) < 4.78 is 10.3. The average Bonchev–Trinajstić information content (AvgIpc) is 3.38.